The van der Waals surface area contributed by atoms with Crippen molar-refractivity contribution in [2.45, 2.75) is 38.8 Å². The number of nitrogens with one attached hydrogen (secondary N) is 1. The first-order valence-corrected chi connectivity index (χ1v) is 12.9. The van der Waals surface area contributed by atoms with Crippen LogP contribution in [-0.2, 0) is 17.4 Å². The highest BCUT2D eigenvalue weighted by Crippen LogP contribution is 2.33. The molecular weight excluding hydrogens is 539 g/mol. The molecule has 1 N–H and O–H groups in total. The molecule has 2 aromatic carbocycles. The third-order valence-electron chi connectivity index (χ3n) is 5.38. The van der Waals surface area contributed by atoms with Crippen molar-refractivity contribution in [1.82, 2.24) is 4.98 Å². The average Bonchev–Trinajstić information content (AvgIpc) is 3.32. The first-order valence-electron chi connectivity index (χ1n) is 11.7. The van der Waals surface area contributed by atoms with Crippen LogP contribution in [0.3, 0.4) is 0 Å². The summed E-state index contributed by atoms with van der Waals surface area (Å²) in [6, 6.07) is 10.1. The van der Waals surface area contributed by atoms with E-state index < -0.39 is 17.6 Å². The van der Waals surface area contributed by atoms with Crippen molar-refractivity contribution in [2.75, 3.05) is 19.0 Å². The van der Waals surface area contributed by atoms with Gasteiger partial charge in [-0.25, -0.2) is 4.98 Å². The maximum absolute atomic E-state index is 13.0. The van der Waals surface area contributed by atoms with Crippen LogP contribution >= 0.6 is 22.9 Å². The molecule has 0 saturated heterocycles. The number of thiazole rings is 1. The lowest BCUT2D eigenvalue weighted by molar-refractivity contribution is -0.137. The first kappa shape index (κ1) is 29.0. The lowest BCUT2D eigenvalue weighted by Crippen LogP contribution is -2.13. The summed E-state index contributed by atoms with van der Waals surface area (Å²) in [6.45, 7) is 2.66. The predicted octanol–water partition coefficient (Wildman–Crippen LogP) is 7.53. The van der Waals surface area contributed by atoms with E-state index in [1.54, 1.807) is 18.2 Å². The van der Waals surface area contributed by atoms with Gasteiger partial charge < -0.3 is 9.47 Å². The van der Waals surface area contributed by atoms with E-state index in [4.69, 9.17) is 21.1 Å². The van der Waals surface area contributed by atoms with Gasteiger partial charge >= 0.3 is 6.18 Å². The molecule has 0 fully saturated rings. The minimum Gasteiger partial charge on any atom is -0.493 e. The molecule has 3 rings (SSSR count). The zero-order valence-electron chi connectivity index (χ0n) is 20.7. The van der Waals surface area contributed by atoms with Crippen molar-refractivity contribution >= 4 is 40.1 Å². The molecule has 0 aliphatic heterocycles. The van der Waals surface area contributed by atoms with Crippen LogP contribution in [-0.4, -0.2) is 24.6 Å². The Balaban J connectivity index is 1.70. The molecule has 3 aromatic rings. The number of carbonyl (C=O) groups is 1. The van der Waals surface area contributed by atoms with Gasteiger partial charge in [0, 0.05) is 22.5 Å². The quantitative estimate of drug-likeness (QED) is 0.148. The van der Waals surface area contributed by atoms with Crippen molar-refractivity contribution in [3.05, 3.63) is 74.8 Å². The summed E-state index contributed by atoms with van der Waals surface area (Å²) in [7, 11) is 1.51. The summed E-state index contributed by atoms with van der Waals surface area (Å²) >= 11 is 7.16. The van der Waals surface area contributed by atoms with E-state index in [9.17, 15) is 23.2 Å². The van der Waals surface area contributed by atoms with Crippen LogP contribution < -0.4 is 14.8 Å². The molecule has 0 aliphatic rings. The molecule has 0 spiro atoms. The lowest BCUT2D eigenvalue weighted by Gasteiger charge is -2.11. The fourth-order valence-corrected chi connectivity index (χ4v) is 4.44. The monoisotopic (exact) mass is 563 g/mol. The Morgan fingerprint density at radius 1 is 1.21 bits per heavy atom. The topological polar surface area (TPSA) is 84.2 Å². The van der Waals surface area contributed by atoms with Gasteiger partial charge in [0.1, 0.15) is 11.6 Å². The van der Waals surface area contributed by atoms with Gasteiger partial charge in [-0.2, -0.15) is 18.4 Å². The number of carbonyl (C=O) groups excluding carboxylic acids is 1. The Kier molecular flexibility index (Phi) is 10.2. The predicted molar refractivity (Wildman–Crippen MR) is 142 cm³/mol. The molecule has 0 radical (unpaired) electrons. The Bertz CT molecular complexity index is 1350. The lowest BCUT2D eigenvalue weighted by atomic mass is 10.1. The zero-order chi connectivity index (χ0) is 27.7. The summed E-state index contributed by atoms with van der Waals surface area (Å²) in [4.78, 5) is 17.4. The van der Waals surface area contributed by atoms with Crippen LogP contribution in [0.5, 0.6) is 11.5 Å². The van der Waals surface area contributed by atoms with Gasteiger partial charge in [0.25, 0.3) is 5.91 Å². The molecule has 1 amide bonds. The van der Waals surface area contributed by atoms with Gasteiger partial charge in [-0.3, -0.25) is 10.1 Å². The van der Waals surface area contributed by atoms with Gasteiger partial charge in [0.2, 0.25) is 0 Å². The number of ether oxygens (including phenoxy) is 2. The molecule has 11 heteroatoms. The highest BCUT2D eigenvalue weighted by atomic mass is 35.5. The molecule has 38 heavy (non-hydrogen) atoms. The number of nitriles is 1. The van der Waals surface area contributed by atoms with E-state index in [0.29, 0.717) is 28.5 Å². The van der Waals surface area contributed by atoms with Gasteiger partial charge in [0.05, 0.1) is 19.3 Å². The standard InChI is InChI=1S/C27H25ClF3N3O3S/c1-3-4-5-10-37-23-9-6-17(12-24(23)36-2)11-19(15-32)25(35)34-26-33-16-21(38-26)14-18-13-20(27(29,30)31)7-8-22(18)28/h6-9,11-13,16H,3-5,10,14H2,1-2H3,(H,33,34,35). The van der Waals surface area contributed by atoms with E-state index >= 15 is 0 Å². The fraction of sp³-hybridized carbons (Fsp3) is 0.296. The van der Waals surface area contributed by atoms with Crippen molar-refractivity contribution in [1.29, 1.82) is 5.26 Å². The highest BCUT2D eigenvalue weighted by molar-refractivity contribution is 7.15. The third-order valence-corrected chi connectivity index (χ3v) is 6.66. The van der Waals surface area contributed by atoms with Crippen LogP contribution in [0.2, 0.25) is 5.02 Å². The average molecular weight is 564 g/mol. The number of unbranched alkanes of at least 4 members (excludes halogenated alkanes) is 2. The van der Waals surface area contributed by atoms with Crippen molar-refractivity contribution < 1.29 is 27.4 Å². The molecule has 1 heterocycles. The number of nitrogens with zero attached hydrogens (tertiary/aromatic N) is 2. The van der Waals surface area contributed by atoms with Crippen LogP contribution in [0.1, 0.15) is 47.8 Å². The number of rotatable bonds is 11. The van der Waals surface area contributed by atoms with Crippen molar-refractivity contribution in [2.24, 2.45) is 0 Å². The molecule has 0 unspecified atom stereocenters. The number of halogens is 4. The number of hydrogen-bond acceptors (Lipinski definition) is 6. The van der Waals surface area contributed by atoms with Gasteiger partial charge in [-0.15, -0.1) is 11.3 Å². The third kappa shape index (κ3) is 7.97. The van der Waals surface area contributed by atoms with Crippen LogP contribution in [0.15, 0.2) is 48.2 Å². The Hall–Kier alpha value is -3.55. The van der Waals surface area contributed by atoms with Crippen molar-refractivity contribution in [3.8, 4) is 17.6 Å². The number of amides is 1. The summed E-state index contributed by atoms with van der Waals surface area (Å²) < 4.78 is 50.3. The Morgan fingerprint density at radius 2 is 2.00 bits per heavy atom. The number of hydrogen-bond donors (Lipinski definition) is 1. The second-order valence-corrected chi connectivity index (χ2v) is 9.72. The maximum atomic E-state index is 13.0. The molecule has 0 atom stereocenters. The molecule has 200 valence electrons. The minimum absolute atomic E-state index is 0.101. The van der Waals surface area contributed by atoms with Crippen LogP contribution in [0.4, 0.5) is 18.3 Å². The first-order chi connectivity index (χ1) is 18.1. The SMILES string of the molecule is CCCCCOc1ccc(C=C(C#N)C(=O)Nc2ncc(Cc3cc(C(F)(F)F)ccc3Cl)s2)cc1OC. The summed E-state index contributed by atoms with van der Waals surface area (Å²) in [5, 5.41) is 12.5. The van der Waals surface area contributed by atoms with E-state index in [1.807, 2.05) is 6.07 Å². The highest BCUT2D eigenvalue weighted by Gasteiger charge is 2.31. The Labute approximate surface area is 227 Å². The molecule has 0 saturated carbocycles. The fourth-order valence-electron chi connectivity index (χ4n) is 3.43. The van der Waals surface area contributed by atoms with Crippen LogP contribution in [0.25, 0.3) is 6.08 Å². The second-order valence-electron chi connectivity index (χ2n) is 8.20. The number of aromatic nitrogens is 1. The largest absolute Gasteiger partial charge is 0.493 e. The molecule has 1 aromatic heterocycles. The van der Waals surface area contributed by atoms with Crippen molar-refractivity contribution in [3.63, 3.8) is 0 Å². The van der Waals surface area contributed by atoms with E-state index in [0.717, 1.165) is 42.7 Å². The minimum atomic E-state index is -4.49. The van der Waals surface area contributed by atoms with Crippen LogP contribution in [0, 0.1) is 11.3 Å². The summed E-state index contributed by atoms with van der Waals surface area (Å²) in [5.41, 5.74) is -0.117. The smallest absolute Gasteiger partial charge is 0.416 e. The van der Waals surface area contributed by atoms with E-state index in [-0.39, 0.29) is 27.7 Å². The number of alkyl halides is 3. The molecular formula is C27H25ClF3N3O3S. The maximum Gasteiger partial charge on any atom is 0.416 e. The van der Waals surface area contributed by atoms with Gasteiger partial charge in [-0.1, -0.05) is 37.4 Å². The molecule has 0 aliphatic carbocycles. The number of methoxy groups -OCH3 is 1. The van der Waals surface area contributed by atoms with Gasteiger partial charge in [-0.05, 0) is 54.0 Å². The van der Waals surface area contributed by atoms with E-state index in [1.165, 1.54) is 25.4 Å². The number of anilines is 1. The zero-order valence-corrected chi connectivity index (χ0v) is 22.3. The summed E-state index contributed by atoms with van der Waals surface area (Å²) in [6.07, 6.45) is 1.53. The second kappa shape index (κ2) is 13.3. The van der Waals surface area contributed by atoms with E-state index in [2.05, 4.69) is 17.2 Å². The normalized spacial score (nSPS) is 11.7. The number of benzene rings is 2. The summed E-state index contributed by atoms with van der Waals surface area (Å²) in [5.74, 6) is 0.370. The molecule has 6 nitrogen and oxygen atoms in total. The molecule has 0 bridgehead atoms. The Morgan fingerprint density at radius 3 is 2.68 bits per heavy atom. The van der Waals surface area contributed by atoms with Gasteiger partial charge in [0.15, 0.2) is 16.6 Å².